The lowest BCUT2D eigenvalue weighted by molar-refractivity contribution is -0.132. The highest BCUT2D eigenvalue weighted by Gasteiger charge is 2.55. The molecule has 2 aliphatic carbocycles. The number of aryl methyl sites for hydroxylation is 1. The van der Waals surface area contributed by atoms with E-state index in [9.17, 15) is 4.79 Å². The number of carbonyl (C=O) groups is 1. The predicted molar refractivity (Wildman–Crippen MR) is 99.5 cm³/mol. The van der Waals surface area contributed by atoms with Gasteiger partial charge in [-0.15, -0.1) is 0 Å². The Hall–Kier alpha value is -1.39. The van der Waals surface area contributed by atoms with E-state index in [4.69, 9.17) is 9.47 Å². The highest BCUT2D eigenvalue weighted by atomic mass is 16.5. The summed E-state index contributed by atoms with van der Waals surface area (Å²) in [7, 11) is 0. The van der Waals surface area contributed by atoms with Gasteiger partial charge in [0, 0.05) is 31.5 Å². The van der Waals surface area contributed by atoms with Gasteiger partial charge >= 0.3 is 5.97 Å². The van der Waals surface area contributed by atoms with E-state index in [-0.39, 0.29) is 11.4 Å². The van der Waals surface area contributed by atoms with Gasteiger partial charge in [0.2, 0.25) is 0 Å². The third-order valence-electron chi connectivity index (χ3n) is 7.12. The van der Waals surface area contributed by atoms with Crippen LogP contribution < -0.4 is 4.74 Å². The van der Waals surface area contributed by atoms with E-state index >= 15 is 0 Å². The summed E-state index contributed by atoms with van der Waals surface area (Å²) in [6.45, 7) is 6.97. The van der Waals surface area contributed by atoms with Gasteiger partial charge in [-0.3, -0.25) is 9.69 Å². The standard InChI is InChI=1S/C22H29NO3/c1-14-10-17(26-15(2)24)11-19-18(14)12-20-21-22(19,6-3-9-25-21)7-8-23(20)13-16-4-5-16/h10-11,16,20-21H,3-9,12-13H2,1-2H3/t20-,21+,22+/m1/s1. The molecule has 5 rings (SSSR count). The van der Waals surface area contributed by atoms with Crippen LogP contribution in [0, 0.1) is 12.8 Å². The van der Waals surface area contributed by atoms with Gasteiger partial charge in [-0.25, -0.2) is 0 Å². The molecule has 1 saturated carbocycles. The third-order valence-corrected chi connectivity index (χ3v) is 7.12. The predicted octanol–water partition coefficient (Wildman–Crippen LogP) is 3.38. The summed E-state index contributed by atoms with van der Waals surface area (Å²) >= 11 is 0. The highest BCUT2D eigenvalue weighted by molar-refractivity contribution is 5.69. The van der Waals surface area contributed by atoms with E-state index in [2.05, 4.69) is 17.9 Å². The average Bonchev–Trinajstić information content (AvgIpc) is 3.42. The molecular weight excluding hydrogens is 326 g/mol. The second-order valence-electron chi connectivity index (χ2n) is 8.87. The minimum atomic E-state index is -0.244. The number of piperidine rings is 1. The molecule has 2 saturated heterocycles. The van der Waals surface area contributed by atoms with Gasteiger partial charge in [-0.2, -0.15) is 0 Å². The van der Waals surface area contributed by atoms with E-state index in [0.29, 0.717) is 17.9 Å². The maximum absolute atomic E-state index is 11.5. The van der Waals surface area contributed by atoms with Crippen molar-refractivity contribution >= 4 is 5.97 Å². The van der Waals surface area contributed by atoms with E-state index < -0.39 is 0 Å². The number of benzene rings is 1. The molecule has 4 aliphatic rings. The van der Waals surface area contributed by atoms with Crippen LogP contribution >= 0.6 is 0 Å². The summed E-state index contributed by atoms with van der Waals surface area (Å²) in [4.78, 5) is 14.2. The molecule has 2 heterocycles. The van der Waals surface area contributed by atoms with Crippen LogP contribution in [-0.4, -0.2) is 42.7 Å². The van der Waals surface area contributed by atoms with Crippen molar-refractivity contribution in [1.29, 1.82) is 0 Å². The van der Waals surface area contributed by atoms with Gasteiger partial charge in [-0.05, 0) is 86.7 Å². The molecule has 3 fully saturated rings. The summed E-state index contributed by atoms with van der Waals surface area (Å²) in [5.74, 6) is 1.37. The molecule has 1 aromatic rings. The molecule has 0 spiro atoms. The largest absolute Gasteiger partial charge is 0.427 e. The highest BCUT2D eigenvalue weighted by Crippen LogP contribution is 2.53. The minimum Gasteiger partial charge on any atom is -0.427 e. The van der Waals surface area contributed by atoms with Gasteiger partial charge in [0.05, 0.1) is 6.10 Å². The topological polar surface area (TPSA) is 38.8 Å². The van der Waals surface area contributed by atoms with Crippen molar-refractivity contribution in [1.82, 2.24) is 4.90 Å². The zero-order chi connectivity index (χ0) is 17.9. The molecule has 0 aromatic heterocycles. The first kappa shape index (κ1) is 16.8. The van der Waals surface area contributed by atoms with Gasteiger partial charge in [0.15, 0.2) is 0 Å². The summed E-state index contributed by atoms with van der Waals surface area (Å²) in [6, 6.07) is 4.70. The molecule has 0 radical (unpaired) electrons. The van der Waals surface area contributed by atoms with Crippen molar-refractivity contribution in [3.8, 4) is 5.75 Å². The molecule has 140 valence electrons. The molecule has 4 heteroatoms. The lowest BCUT2D eigenvalue weighted by Crippen LogP contribution is -2.65. The summed E-state index contributed by atoms with van der Waals surface area (Å²) in [6.07, 6.45) is 7.66. The molecule has 2 aliphatic heterocycles. The normalized spacial score (nSPS) is 33.3. The number of fused-ring (bicyclic) bond motifs is 1. The Labute approximate surface area is 155 Å². The van der Waals surface area contributed by atoms with Crippen molar-refractivity contribution < 1.29 is 14.3 Å². The third kappa shape index (κ3) is 2.61. The van der Waals surface area contributed by atoms with E-state index in [1.807, 2.05) is 6.07 Å². The molecule has 2 bridgehead atoms. The maximum Gasteiger partial charge on any atom is 0.308 e. The Balaban J connectivity index is 1.58. The smallest absolute Gasteiger partial charge is 0.308 e. The van der Waals surface area contributed by atoms with Crippen molar-refractivity contribution in [2.75, 3.05) is 19.7 Å². The second kappa shape index (κ2) is 6.07. The Morgan fingerprint density at radius 2 is 2.19 bits per heavy atom. The molecule has 0 unspecified atom stereocenters. The van der Waals surface area contributed by atoms with Crippen LogP contribution in [-0.2, 0) is 21.4 Å². The quantitative estimate of drug-likeness (QED) is 0.615. The first-order valence-corrected chi connectivity index (χ1v) is 10.2. The van der Waals surface area contributed by atoms with Crippen LogP contribution in [0.5, 0.6) is 5.75 Å². The molecule has 0 N–H and O–H groups in total. The van der Waals surface area contributed by atoms with Crippen molar-refractivity contribution in [2.24, 2.45) is 5.92 Å². The fraction of sp³-hybridized carbons (Fsp3) is 0.682. The average molecular weight is 355 g/mol. The zero-order valence-corrected chi connectivity index (χ0v) is 15.9. The first-order valence-electron chi connectivity index (χ1n) is 10.2. The van der Waals surface area contributed by atoms with Gasteiger partial charge in [-0.1, -0.05) is 0 Å². The molecule has 4 nitrogen and oxygen atoms in total. The fourth-order valence-corrected chi connectivity index (χ4v) is 5.80. The minimum absolute atomic E-state index is 0.109. The lowest BCUT2D eigenvalue weighted by Gasteiger charge is -2.58. The number of hydrogen-bond donors (Lipinski definition) is 0. The molecule has 3 atom stereocenters. The summed E-state index contributed by atoms with van der Waals surface area (Å²) in [5, 5.41) is 0. The van der Waals surface area contributed by atoms with Crippen LogP contribution in [0.3, 0.4) is 0 Å². The number of hydrogen-bond acceptors (Lipinski definition) is 4. The van der Waals surface area contributed by atoms with E-state index in [0.717, 1.165) is 31.8 Å². The van der Waals surface area contributed by atoms with Crippen molar-refractivity contribution in [2.45, 2.75) is 69.9 Å². The first-order chi connectivity index (χ1) is 12.6. The van der Waals surface area contributed by atoms with Crippen molar-refractivity contribution in [3.05, 3.63) is 28.8 Å². The van der Waals surface area contributed by atoms with Crippen LogP contribution in [0.4, 0.5) is 0 Å². The van der Waals surface area contributed by atoms with Gasteiger partial charge < -0.3 is 9.47 Å². The number of carbonyl (C=O) groups excluding carboxylic acids is 1. The fourth-order valence-electron chi connectivity index (χ4n) is 5.80. The maximum atomic E-state index is 11.5. The Bertz CT molecular complexity index is 741. The van der Waals surface area contributed by atoms with E-state index in [1.54, 1.807) is 0 Å². The number of nitrogens with zero attached hydrogens (tertiary/aromatic N) is 1. The molecular formula is C22H29NO3. The Morgan fingerprint density at radius 3 is 2.96 bits per heavy atom. The lowest BCUT2D eigenvalue weighted by atomic mass is 9.58. The van der Waals surface area contributed by atoms with Gasteiger partial charge in [0.1, 0.15) is 5.75 Å². The number of likely N-dealkylation sites (tertiary alicyclic amines) is 1. The Kier molecular flexibility index (Phi) is 3.91. The van der Waals surface area contributed by atoms with E-state index in [1.165, 1.54) is 56.0 Å². The van der Waals surface area contributed by atoms with Crippen LogP contribution in [0.25, 0.3) is 0 Å². The molecule has 26 heavy (non-hydrogen) atoms. The van der Waals surface area contributed by atoms with Crippen LogP contribution in [0.2, 0.25) is 0 Å². The zero-order valence-electron chi connectivity index (χ0n) is 15.9. The second-order valence-corrected chi connectivity index (χ2v) is 8.87. The monoisotopic (exact) mass is 355 g/mol. The summed E-state index contributed by atoms with van der Waals surface area (Å²) in [5.41, 5.74) is 4.26. The number of rotatable bonds is 3. The number of ether oxygens (including phenoxy) is 2. The van der Waals surface area contributed by atoms with Crippen molar-refractivity contribution in [3.63, 3.8) is 0 Å². The van der Waals surface area contributed by atoms with Crippen LogP contribution in [0.15, 0.2) is 12.1 Å². The van der Waals surface area contributed by atoms with Gasteiger partial charge in [0.25, 0.3) is 0 Å². The Morgan fingerprint density at radius 1 is 1.35 bits per heavy atom. The van der Waals surface area contributed by atoms with Crippen LogP contribution in [0.1, 0.15) is 55.7 Å². The number of esters is 1. The summed E-state index contributed by atoms with van der Waals surface area (Å²) < 4.78 is 11.9. The molecule has 0 amide bonds. The SMILES string of the molecule is CC(=O)Oc1cc(C)c2c(c1)[C@@]13CCCO[C@H]1[C@@H](C2)N(CC1CC1)CC3. The molecule has 1 aromatic carbocycles.